The number of benzene rings is 1. The van der Waals surface area contributed by atoms with E-state index in [1.807, 2.05) is 6.07 Å². The normalized spacial score (nSPS) is 10.8. The molecule has 0 heterocycles. The lowest BCUT2D eigenvalue weighted by molar-refractivity contribution is 0.609. The number of nitrogens with zero attached hydrogens (tertiary/aromatic N) is 1. The molecule has 0 aliphatic carbocycles. The smallest absolute Gasteiger partial charge is 0.207 e. The molecule has 0 spiro atoms. The van der Waals surface area contributed by atoms with E-state index in [4.69, 9.17) is 15.9 Å². The second-order valence-electron chi connectivity index (χ2n) is 2.38. The SMILES string of the molecule is N#CCc1ccccc1S(=O)(=O)Cl. The highest BCUT2D eigenvalue weighted by Gasteiger charge is 2.13. The van der Waals surface area contributed by atoms with Crippen molar-refractivity contribution in [3.05, 3.63) is 29.8 Å². The minimum Gasteiger partial charge on any atom is -0.207 e. The maximum Gasteiger partial charge on any atom is 0.261 e. The van der Waals surface area contributed by atoms with Crippen molar-refractivity contribution < 1.29 is 8.42 Å². The van der Waals surface area contributed by atoms with Gasteiger partial charge in [0.25, 0.3) is 9.05 Å². The van der Waals surface area contributed by atoms with Crippen molar-refractivity contribution in [1.29, 1.82) is 5.26 Å². The Kier molecular flexibility index (Phi) is 2.91. The molecule has 1 aromatic carbocycles. The molecule has 0 amide bonds. The molecule has 5 heteroatoms. The fraction of sp³-hybridized carbons (Fsp3) is 0.125. The number of rotatable bonds is 2. The zero-order chi connectivity index (χ0) is 9.90. The standard InChI is InChI=1S/C8H6ClNO2S/c9-13(11,12)8-4-2-1-3-7(8)5-6-10/h1-4H,5H2. The Morgan fingerprint density at radius 1 is 1.38 bits per heavy atom. The van der Waals surface area contributed by atoms with Crippen LogP contribution in [0.1, 0.15) is 5.56 Å². The van der Waals surface area contributed by atoms with Gasteiger partial charge in [-0.05, 0) is 11.6 Å². The molecule has 0 saturated heterocycles. The lowest BCUT2D eigenvalue weighted by Gasteiger charge is -2.00. The Hall–Kier alpha value is -1.05. The van der Waals surface area contributed by atoms with Gasteiger partial charge in [-0.25, -0.2) is 8.42 Å². The first-order chi connectivity index (χ1) is 6.05. The van der Waals surface area contributed by atoms with Gasteiger partial charge in [0.1, 0.15) is 0 Å². The zero-order valence-corrected chi connectivity index (χ0v) is 8.14. The van der Waals surface area contributed by atoms with Gasteiger partial charge in [0.05, 0.1) is 17.4 Å². The molecule has 0 aliphatic rings. The number of hydrogen-bond acceptors (Lipinski definition) is 3. The second-order valence-corrected chi connectivity index (χ2v) is 4.91. The fourth-order valence-corrected chi connectivity index (χ4v) is 2.12. The monoisotopic (exact) mass is 215 g/mol. The zero-order valence-electron chi connectivity index (χ0n) is 6.57. The van der Waals surface area contributed by atoms with Gasteiger partial charge >= 0.3 is 0 Å². The molecule has 0 bridgehead atoms. The van der Waals surface area contributed by atoms with Gasteiger partial charge in [-0.15, -0.1) is 0 Å². The summed E-state index contributed by atoms with van der Waals surface area (Å²) in [5, 5.41) is 8.42. The summed E-state index contributed by atoms with van der Waals surface area (Å²) < 4.78 is 22.0. The summed E-state index contributed by atoms with van der Waals surface area (Å²) in [6.07, 6.45) is 0.0438. The molecule has 0 fully saturated rings. The van der Waals surface area contributed by atoms with Gasteiger partial charge in [-0.3, -0.25) is 0 Å². The molecule has 0 aliphatic heterocycles. The Bertz CT molecular complexity index is 447. The molecule has 13 heavy (non-hydrogen) atoms. The van der Waals surface area contributed by atoms with E-state index in [1.54, 1.807) is 18.2 Å². The van der Waals surface area contributed by atoms with Crippen molar-refractivity contribution in [2.24, 2.45) is 0 Å². The highest BCUT2D eigenvalue weighted by atomic mass is 35.7. The topological polar surface area (TPSA) is 57.9 Å². The van der Waals surface area contributed by atoms with Gasteiger partial charge in [0.15, 0.2) is 0 Å². The molecule has 0 aromatic heterocycles. The summed E-state index contributed by atoms with van der Waals surface area (Å²) in [7, 11) is 1.43. The first-order valence-electron chi connectivity index (χ1n) is 3.45. The third-order valence-corrected chi connectivity index (χ3v) is 2.93. The van der Waals surface area contributed by atoms with E-state index in [-0.39, 0.29) is 11.3 Å². The maximum absolute atomic E-state index is 11.0. The van der Waals surface area contributed by atoms with Crippen LogP contribution in [0.3, 0.4) is 0 Å². The second kappa shape index (κ2) is 3.77. The molecular formula is C8H6ClNO2S. The van der Waals surface area contributed by atoms with E-state index < -0.39 is 9.05 Å². The van der Waals surface area contributed by atoms with Crippen molar-refractivity contribution in [2.45, 2.75) is 11.3 Å². The average molecular weight is 216 g/mol. The van der Waals surface area contributed by atoms with E-state index >= 15 is 0 Å². The van der Waals surface area contributed by atoms with E-state index in [9.17, 15) is 8.42 Å². The first kappa shape index (κ1) is 10.0. The van der Waals surface area contributed by atoms with Crippen LogP contribution in [-0.4, -0.2) is 8.42 Å². The van der Waals surface area contributed by atoms with Crippen molar-refractivity contribution in [3.63, 3.8) is 0 Å². The van der Waals surface area contributed by atoms with Crippen molar-refractivity contribution in [2.75, 3.05) is 0 Å². The number of hydrogen-bond donors (Lipinski definition) is 0. The summed E-state index contributed by atoms with van der Waals surface area (Å²) in [5.41, 5.74) is 0.431. The Balaban J connectivity index is 3.30. The van der Waals surface area contributed by atoms with E-state index in [1.165, 1.54) is 6.07 Å². The summed E-state index contributed by atoms with van der Waals surface area (Å²) in [4.78, 5) is 0.0122. The predicted octanol–water partition coefficient (Wildman–Crippen LogP) is 1.68. The van der Waals surface area contributed by atoms with Crippen LogP contribution in [0.15, 0.2) is 29.2 Å². The molecule has 0 saturated carbocycles. The lowest BCUT2D eigenvalue weighted by atomic mass is 10.2. The minimum absolute atomic E-state index is 0.0122. The van der Waals surface area contributed by atoms with Crippen LogP contribution >= 0.6 is 10.7 Å². The van der Waals surface area contributed by atoms with Crippen LogP contribution < -0.4 is 0 Å². The summed E-state index contributed by atoms with van der Waals surface area (Å²) in [6.45, 7) is 0. The van der Waals surface area contributed by atoms with Crippen LogP contribution in [0, 0.1) is 11.3 Å². The fourth-order valence-electron chi connectivity index (χ4n) is 0.973. The molecule has 0 atom stereocenters. The van der Waals surface area contributed by atoms with Crippen LogP contribution in [0.25, 0.3) is 0 Å². The largest absolute Gasteiger partial charge is 0.261 e. The average Bonchev–Trinajstić information content (AvgIpc) is 2.04. The van der Waals surface area contributed by atoms with Crippen LogP contribution in [0.2, 0.25) is 0 Å². The molecule has 68 valence electrons. The molecule has 0 radical (unpaired) electrons. The van der Waals surface area contributed by atoms with Gasteiger partial charge in [-0.2, -0.15) is 5.26 Å². The highest BCUT2D eigenvalue weighted by Crippen LogP contribution is 2.19. The molecular weight excluding hydrogens is 210 g/mol. The van der Waals surface area contributed by atoms with Gasteiger partial charge in [-0.1, -0.05) is 18.2 Å². The van der Waals surface area contributed by atoms with Crippen molar-refractivity contribution in [1.82, 2.24) is 0 Å². The summed E-state index contributed by atoms with van der Waals surface area (Å²) in [5.74, 6) is 0. The van der Waals surface area contributed by atoms with Gasteiger partial charge in [0.2, 0.25) is 0 Å². The van der Waals surface area contributed by atoms with Gasteiger partial charge < -0.3 is 0 Å². The first-order valence-corrected chi connectivity index (χ1v) is 5.76. The Morgan fingerprint density at radius 3 is 2.54 bits per heavy atom. The quantitative estimate of drug-likeness (QED) is 0.706. The minimum atomic E-state index is -3.73. The van der Waals surface area contributed by atoms with Crippen LogP contribution in [0.4, 0.5) is 0 Å². The molecule has 0 unspecified atom stereocenters. The highest BCUT2D eigenvalue weighted by molar-refractivity contribution is 8.13. The lowest BCUT2D eigenvalue weighted by Crippen LogP contribution is -1.96. The predicted molar refractivity (Wildman–Crippen MR) is 48.8 cm³/mol. The molecule has 1 aromatic rings. The van der Waals surface area contributed by atoms with Crippen LogP contribution in [0.5, 0.6) is 0 Å². The van der Waals surface area contributed by atoms with Gasteiger partial charge in [0, 0.05) is 10.7 Å². The van der Waals surface area contributed by atoms with Crippen LogP contribution in [-0.2, 0) is 15.5 Å². The Labute approximate surface area is 81.0 Å². The molecule has 1 rings (SSSR count). The third kappa shape index (κ3) is 2.44. The van der Waals surface area contributed by atoms with Crippen molar-refractivity contribution >= 4 is 19.7 Å². The van der Waals surface area contributed by atoms with E-state index in [2.05, 4.69) is 0 Å². The van der Waals surface area contributed by atoms with E-state index in [0.29, 0.717) is 5.56 Å². The molecule has 3 nitrogen and oxygen atoms in total. The number of halogens is 1. The maximum atomic E-state index is 11.0. The van der Waals surface area contributed by atoms with Crippen molar-refractivity contribution in [3.8, 4) is 6.07 Å². The summed E-state index contributed by atoms with van der Waals surface area (Å²) in [6, 6.07) is 8.06. The summed E-state index contributed by atoms with van der Waals surface area (Å²) >= 11 is 0. The Morgan fingerprint density at radius 2 is 2.00 bits per heavy atom. The molecule has 0 N–H and O–H groups in total. The van der Waals surface area contributed by atoms with E-state index in [0.717, 1.165) is 0 Å². The number of nitriles is 1. The third-order valence-electron chi connectivity index (χ3n) is 1.50.